The number of pyridine rings is 1. The van der Waals surface area contributed by atoms with Crippen molar-refractivity contribution in [3.63, 3.8) is 0 Å². The molecule has 36 heavy (non-hydrogen) atoms. The molecule has 3 aromatic heterocycles. The minimum Gasteiger partial charge on any atom is -0.485 e. The fourth-order valence-electron chi connectivity index (χ4n) is 3.51. The van der Waals surface area contributed by atoms with Gasteiger partial charge in [-0.05, 0) is 48.9 Å². The molecule has 0 fully saturated rings. The van der Waals surface area contributed by atoms with Gasteiger partial charge in [0.05, 0.1) is 17.6 Å². The Bertz CT molecular complexity index is 1440. The largest absolute Gasteiger partial charge is 0.485 e. The molecular weight excluding hydrogens is 474 g/mol. The maximum Gasteiger partial charge on any atom is 0.234 e. The van der Waals surface area contributed by atoms with Crippen LogP contribution in [0.3, 0.4) is 0 Å². The van der Waals surface area contributed by atoms with E-state index in [1.807, 2.05) is 72.2 Å². The van der Waals surface area contributed by atoms with Crippen LogP contribution in [0.1, 0.15) is 11.4 Å². The molecular formula is C26H23N7O2S. The zero-order valence-electron chi connectivity index (χ0n) is 19.5. The number of nitrogens with one attached hydrogen (secondary N) is 1. The summed E-state index contributed by atoms with van der Waals surface area (Å²) < 4.78 is 9.58. The van der Waals surface area contributed by atoms with Crippen molar-refractivity contribution in [2.75, 3.05) is 11.1 Å². The van der Waals surface area contributed by atoms with Gasteiger partial charge in [0.1, 0.15) is 12.4 Å². The van der Waals surface area contributed by atoms with Crippen molar-refractivity contribution in [1.82, 2.24) is 29.5 Å². The van der Waals surface area contributed by atoms with Gasteiger partial charge in [-0.25, -0.2) is 9.67 Å². The van der Waals surface area contributed by atoms with E-state index in [0.717, 1.165) is 17.0 Å². The highest BCUT2D eigenvalue weighted by Crippen LogP contribution is 2.24. The standard InChI is InChI=1S/C26H23N7O2S/c1-19-8-5-6-11-22(19)35-17-24-30-31-26(33(24)21-9-3-2-4-10-21)36-18-25(34)29-20-12-13-23(27-16-20)32-15-7-14-28-32/h2-16H,17-18H2,1H3,(H,29,34). The van der Waals surface area contributed by atoms with Gasteiger partial charge < -0.3 is 10.1 Å². The molecule has 0 aliphatic heterocycles. The molecule has 0 spiro atoms. The van der Waals surface area contributed by atoms with Crippen LogP contribution < -0.4 is 10.1 Å². The molecule has 2 aromatic carbocycles. The van der Waals surface area contributed by atoms with E-state index < -0.39 is 0 Å². The van der Waals surface area contributed by atoms with Gasteiger partial charge in [-0.1, -0.05) is 48.2 Å². The fourth-order valence-corrected chi connectivity index (χ4v) is 4.28. The molecule has 1 N–H and O–H groups in total. The number of benzene rings is 2. The van der Waals surface area contributed by atoms with E-state index >= 15 is 0 Å². The molecule has 0 saturated carbocycles. The predicted octanol–water partition coefficient (Wildman–Crippen LogP) is 4.47. The summed E-state index contributed by atoms with van der Waals surface area (Å²) in [6.07, 6.45) is 5.09. The van der Waals surface area contributed by atoms with Crippen LogP contribution in [-0.2, 0) is 11.4 Å². The molecule has 0 saturated heterocycles. The molecule has 0 bridgehead atoms. The van der Waals surface area contributed by atoms with Crippen molar-refractivity contribution in [3.8, 4) is 17.3 Å². The highest BCUT2D eigenvalue weighted by molar-refractivity contribution is 7.99. The van der Waals surface area contributed by atoms with E-state index in [2.05, 4.69) is 25.6 Å². The maximum atomic E-state index is 12.6. The van der Waals surface area contributed by atoms with Crippen LogP contribution in [0.2, 0.25) is 0 Å². The smallest absolute Gasteiger partial charge is 0.234 e. The number of ether oxygens (including phenoxy) is 1. The first kappa shape index (κ1) is 23.3. The number of anilines is 1. The van der Waals surface area contributed by atoms with Gasteiger partial charge in [0.15, 0.2) is 16.8 Å². The molecule has 0 atom stereocenters. The van der Waals surface area contributed by atoms with Crippen LogP contribution in [0.25, 0.3) is 11.5 Å². The number of nitrogens with zero attached hydrogens (tertiary/aromatic N) is 6. The quantitative estimate of drug-likeness (QED) is 0.300. The van der Waals surface area contributed by atoms with E-state index in [0.29, 0.717) is 22.5 Å². The molecule has 3 heterocycles. The highest BCUT2D eigenvalue weighted by Gasteiger charge is 2.17. The zero-order chi connectivity index (χ0) is 24.7. The Morgan fingerprint density at radius 1 is 1.00 bits per heavy atom. The molecule has 9 nitrogen and oxygen atoms in total. The number of carbonyl (C=O) groups excluding carboxylic acids is 1. The summed E-state index contributed by atoms with van der Waals surface area (Å²) in [5, 5.41) is 16.3. The average Bonchev–Trinajstić information content (AvgIpc) is 3.59. The second-order valence-corrected chi connectivity index (χ2v) is 8.76. The second-order valence-electron chi connectivity index (χ2n) is 7.82. The van der Waals surface area contributed by atoms with E-state index in [1.54, 1.807) is 35.4 Å². The average molecular weight is 498 g/mol. The molecule has 180 valence electrons. The van der Waals surface area contributed by atoms with Crippen molar-refractivity contribution in [3.05, 3.63) is 103 Å². The first-order chi connectivity index (χ1) is 17.7. The third-order valence-corrected chi connectivity index (χ3v) is 6.20. The Labute approximate surface area is 212 Å². The number of carbonyl (C=O) groups is 1. The van der Waals surface area contributed by atoms with Crippen LogP contribution in [0.15, 0.2) is 96.5 Å². The number of thioether (sulfide) groups is 1. The van der Waals surface area contributed by atoms with Gasteiger partial charge in [0.25, 0.3) is 0 Å². The van der Waals surface area contributed by atoms with Gasteiger partial charge in [0.2, 0.25) is 5.91 Å². The van der Waals surface area contributed by atoms with Crippen LogP contribution in [0.4, 0.5) is 5.69 Å². The van der Waals surface area contributed by atoms with Crippen LogP contribution >= 0.6 is 11.8 Å². The lowest BCUT2D eigenvalue weighted by Gasteiger charge is -2.12. The third kappa shape index (κ3) is 5.44. The maximum absolute atomic E-state index is 12.6. The summed E-state index contributed by atoms with van der Waals surface area (Å²) >= 11 is 1.30. The summed E-state index contributed by atoms with van der Waals surface area (Å²) in [6.45, 7) is 2.24. The Hall–Kier alpha value is -4.44. The minimum atomic E-state index is -0.172. The van der Waals surface area contributed by atoms with Gasteiger partial charge in [-0.15, -0.1) is 10.2 Å². The van der Waals surface area contributed by atoms with Crippen molar-refractivity contribution >= 4 is 23.4 Å². The Kier molecular flexibility index (Phi) is 7.04. The Balaban J connectivity index is 1.27. The van der Waals surface area contributed by atoms with Crippen molar-refractivity contribution in [1.29, 1.82) is 0 Å². The molecule has 10 heteroatoms. The lowest BCUT2D eigenvalue weighted by molar-refractivity contribution is -0.113. The molecule has 0 radical (unpaired) electrons. The SMILES string of the molecule is Cc1ccccc1OCc1nnc(SCC(=O)Nc2ccc(-n3cccn3)nc2)n1-c1ccccc1. The number of aryl methyl sites for hydroxylation is 1. The van der Waals surface area contributed by atoms with Crippen LogP contribution in [-0.4, -0.2) is 41.2 Å². The Morgan fingerprint density at radius 3 is 2.58 bits per heavy atom. The summed E-state index contributed by atoms with van der Waals surface area (Å²) in [5.41, 5.74) is 2.54. The topological polar surface area (TPSA) is 99.8 Å². The van der Waals surface area contributed by atoms with E-state index in [9.17, 15) is 4.79 Å². The van der Waals surface area contributed by atoms with Gasteiger partial charge >= 0.3 is 0 Å². The number of aromatic nitrogens is 6. The molecule has 5 aromatic rings. The lowest BCUT2D eigenvalue weighted by atomic mass is 10.2. The summed E-state index contributed by atoms with van der Waals surface area (Å²) in [6, 6.07) is 23.0. The summed E-state index contributed by atoms with van der Waals surface area (Å²) in [7, 11) is 0. The van der Waals surface area contributed by atoms with Gasteiger partial charge in [-0.2, -0.15) is 5.10 Å². The number of para-hydroxylation sites is 2. The summed E-state index contributed by atoms with van der Waals surface area (Å²) in [4.78, 5) is 17.0. The number of amides is 1. The first-order valence-corrected chi connectivity index (χ1v) is 12.2. The van der Waals surface area contributed by atoms with Crippen molar-refractivity contribution in [2.24, 2.45) is 0 Å². The third-order valence-electron chi connectivity index (χ3n) is 5.27. The molecule has 5 rings (SSSR count). The fraction of sp³-hybridized carbons (Fsp3) is 0.115. The van der Waals surface area contributed by atoms with Gasteiger partial charge in [0, 0.05) is 18.1 Å². The van der Waals surface area contributed by atoms with Gasteiger partial charge in [-0.3, -0.25) is 9.36 Å². The Morgan fingerprint density at radius 2 is 1.83 bits per heavy atom. The molecule has 0 aliphatic carbocycles. The van der Waals surface area contributed by atoms with Crippen molar-refractivity contribution in [2.45, 2.75) is 18.7 Å². The first-order valence-electron chi connectivity index (χ1n) is 11.2. The number of rotatable bonds is 9. The molecule has 0 aliphatic rings. The zero-order valence-corrected chi connectivity index (χ0v) is 20.3. The normalized spacial score (nSPS) is 10.8. The summed E-state index contributed by atoms with van der Waals surface area (Å²) in [5.74, 6) is 2.09. The highest BCUT2D eigenvalue weighted by atomic mass is 32.2. The minimum absolute atomic E-state index is 0.157. The van der Waals surface area contributed by atoms with Crippen molar-refractivity contribution < 1.29 is 9.53 Å². The van der Waals surface area contributed by atoms with Crippen LogP contribution in [0, 0.1) is 6.92 Å². The van der Waals surface area contributed by atoms with E-state index in [4.69, 9.17) is 4.74 Å². The molecule has 0 unspecified atom stereocenters. The monoisotopic (exact) mass is 497 g/mol. The lowest BCUT2D eigenvalue weighted by Crippen LogP contribution is -2.15. The van der Waals surface area contributed by atoms with Crippen LogP contribution in [0.5, 0.6) is 5.75 Å². The van der Waals surface area contributed by atoms with E-state index in [1.165, 1.54) is 11.8 Å². The number of hydrogen-bond donors (Lipinski definition) is 1. The predicted molar refractivity (Wildman–Crippen MR) is 138 cm³/mol. The number of hydrogen-bond acceptors (Lipinski definition) is 7. The second kappa shape index (κ2) is 10.9. The molecule has 1 amide bonds. The van der Waals surface area contributed by atoms with E-state index in [-0.39, 0.29) is 18.3 Å².